The zero-order valence-electron chi connectivity index (χ0n) is 14.4. The Labute approximate surface area is 141 Å². The number of anilines is 1. The van der Waals surface area contributed by atoms with Gasteiger partial charge in [-0.3, -0.25) is 4.79 Å². The third-order valence-corrected chi connectivity index (χ3v) is 3.96. The monoisotopic (exact) mass is 331 g/mol. The Bertz CT molecular complexity index is 700. The van der Waals surface area contributed by atoms with Crippen LogP contribution in [0.2, 0.25) is 0 Å². The molecule has 0 bridgehead atoms. The number of nitrogens with zero attached hydrogens (tertiary/aromatic N) is 1. The molecule has 0 aliphatic rings. The van der Waals surface area contributed by atoms with Gasteiger partial charge in [0.25, 0.3) is 0 Å². The largest absolute Gasteiger partial charge is 0.493 e. The number of hydrogen-bond donors (Lipinski definition) is 0. The highest BCUT2D eigenvalue weighted by atomic mass is 19.1. The third kappa shape index (κ3) is 4.04. The molecule has 2 aromatic carbocycles. The molecule has 0 fully saturated rings. The van der Waals surface area contributed by atoms with E-state index in [0.717, 1.165) is 11.3 Å². The van der Waals surface area contributed by atoms with Crippen LogP contribution in [0.4, 0.5) is 10.1 Å². The highest BCUT2D eigenvalue weighted by molar-refractivity contribution is 5.94. The summed E-state index contributed by atoms with van der Waals surface area (Å²) in [5.74, 6) is 0.655. The number of carbonyl (C=O) groups is 1. The Hall–Kier alpha value is -2.56. The first-order chi connectivity index (χ1) is 11.5. The van der Waals surface area contributed by atoms with Gasteiger partial charge >= 0.3 is 0 Å². The zero-order valence-corrected chi connectivity index (χ0v) is 14.4. The van der Waals surface area contributed by atoms with Gasteiger partial charge in [0.05, 0.1) is 14.2 Å². The quantitative estimate of drug-likeness (QED) is 0.810. The minimum absolute atomic E-state index is 0.0217. The van der Waals surface area contributed by atoms with Crippen molar-refractivity contribution in [3.05, 3.63) is 53.8 Å². The fourth-order valence-electron chi connectivity index (χ4n) is 2.55. The Morgan fingerprint density at radius 2 is 1.71 bits per heavy atom. The van der Waals surface area contributed by atoms with Gasteiger partial charge in [0, 0.05) is 24.7 Å². The maximum absolute atomic E-state index is 13.0. The van der Waals surface area contributed by atoms with Crippen molar-refractivity contribution in [2.45, 2.75) is 13.3 Å². The van der Waals surface area contributed by atoms with E-state index in [2.05, 4.69) is 0 Å². The number of benzene rings is 2. The molecule has 1 amide bonds. The molecule has 128 valence electrons. The van der Waals surface area contributed by atoms with Crippen LogP contribution in [0.15, 0.2) is 42.5 Å². The van der Waals surface area contributed by atoms with E-state index >= 15 is 0 Å². The van der Waals surface area contributed by atoms with Crippen molar-refractivity contribution >= 4 is 11.6 Å². The predicted molar refractivity (Wildman–Crippen MR) is 92.2 cm³/mol. The highest BCUT2D eigenvalue weighted by Crippen LogP contribution is 2.31. The summed E-state index contributed by atoms with van der Waals surface area (Å²) in [4.78, 5) is 14.2. The molecule has 0 heterocycles. The first-order valence-electron chi connectivity index (χ1n) is 7.70. The number of halogens is 1. The van der Waals surface area contributed by atoms with Crippen LogP contribution in [0.25, 0.3) is 0 Å². The molecule has 2 aromatic rings. The maximum atomic E-state index is 13.0. The first-order valence-corrected chi connectivity index (χ1v) is 7.70. The molecular weight excluding hydrogens is 309 g/mol. The molecule has 0 saturated heterocycles. The lowest BCUT2D eigenvalue weighted by atomic mass is 9.99. The zero-order chi connectivity index (χ0) is 17.7. The summed E-state index contributed by atoms with van der Waals surface area (Å²) in [6.07, 6.45) is 0.552. The molecule has 0 saturated carbocycles. The van der Waals surface area contributed by atoms with E-state index in [9.17, 15) is 9.18 Å². The summed E-state index contributed by atoms with van der Waals surface area (Å²) < 4.78 is 23.5. The lowest BCUT2D eigenvalue weighted by molar-refractivity contribution is -0.121. The van der Waals surface area contributed by atoms with E-state index in [1.807, 2.05) is 13.0 Å². The summed E-state index contributed by atoms with van der Waals surface area (Å²) >= 11 is 0. The van der Waals surface area contributed by atoms with E-state index in [-0.39, 0.29) is 17.6 Å². The molecule has 0 radical (unpaired) electrons. The molecule has 0 spiro atoms. The van der Waals surface area contributed by atoms with Crippen LogP contribution in [0.3, 0.4) is 0 Å². The summed E-state index contributed by atoms with van der Waals surface area (Å²) in [6, 6.07) is 11.6. The van der Waals surface area contributed by atoms with Crippen molar-refractivity contribution in [3.8, 4) is 11.5 Å². The highest BCUT2D eigenvalue weighted by Gasteiger charge is 2.20. The molecule has 1 atom stereocenters. The van der Waals surface area contributed by atoms with Crippen LogP contribution >= 0.6 is 0 Å². The summed E-state index contributed by atoms with van der Waals surface area (Å²) in [7, 11) is 4.85. The number of hydrogen-bond acceptors (Lipinski definition) is 3. The molecule has 24 heavy (non-hydrogen) atoms. The summed E-state index contributed by atoms with van der Waals surface area (Å²) in [6.45, 7) is 1.86. The number of amides is 1. The van der Waals surface area contributed by atoms with Gasteiger partial charge in [-0.25, -0.2) is 4.39 Å². The Morgan fingerprint density at radius 1 is 1.08 bits per heavy atom. The van der Waals surface area contributed by atoms with Crippen LogP contribution in [-0.4, -0.2) is 27.2 Å². The lowest BCUT2D eigenvalue weighted by Gasteiger charge is -2.22. The van der Waals surface area contributed by atoms with Crippen molar-refractivity contribution in [1.29, 1.82) is 0 Å². The van der Waals surface area contributed by atoms with Gasteiger partial charge in [-0.05, 0) is 36.2 Å². The number of carbonyl (C=O) groups excluding carboxylic acids is 1. The van der Waals surface area contributed by atoms with Crippen molar-refractivity contribution in [1.82, 2.24) is 0 Å². The Kier molecular flexibility index (Phi) is 5.79. The summed E-state index contributed by atoms with van der Waals surface area (Å²) in [5.41, 5.74) is 1.65. The van der Waals surface area contributed by atoms with Crippen molar-refractivity contribution < 1.29 is 18.7 Å². The normalized spacial score (nSPS) is 11.7. The van der Waals surface area contributed by atoms with Crippen LogP contribution in [-0.2, 0) is 11.2 Å². The first kappa shape index (κ1) is 17.8. The predicted octanol–water partition coefficient (Wildman–Crippen LogP) is 3.68. The fraction of sp³-hybridized carbons (Fsp3) is 0.316. The second-order valence-electron chi connectivity index (χ2n) is 5.67. The topological polar surface area (TPSA) is 38.8 Å². The molecule has 2 rings (SSSR count). The Balaban J connectivity index is 2.11. The standard InChI is InChI=1S/C19H22FNO3/c1-13(11-14-5-7-15(20)8-6-14)19(22)21(2)16-9-10-17(23-3)18(12-16)24-4/h5-10,12-13H,11H2,1-4H3. The molecule has 1 unspecified atom stereocenters. The van der Waals surface area contributed by atoms with Gasteiger partial charge < -0.3 is 14.4 Å². The van der Waals surface area contributed by atoms with Gasteiger partial charge in [-0.1, -0.05) is 19.1 Å². The van der Waals surface area contributed by atoms with Crippen LogP contribution in [0.1, 0.15) is 12.5 Å². The third-order valence-electron chi connectivity index (χ3n) is 3.96. The van der Waals surface area contributed by atoms with Gasteiger partial charge in [-0.2, -0.15) is 0 Å². The Morgan fingerprint density at radius 3 is 2.29 bits per heavy atom. The van der Waals surface area contributed by atoms with E-state index in [1.165, 1.54) is 12.1 Å². The minimum Gasteiger partial charge on any atom is -0.493 e. The van der Waals surface area contributed by atoms with Gasteiger partial charge in [-0.15, -0.1) is 0 Å². The van der Waals surface area contributed by atoms with Crippen LogP contribution < -0.4 is 14.4 Å². The van der Waals surface area contributed by atoms with Gasteiger partial charge in [0.15, 0.2) is 11.5 Å². The number of ether oxygens (including phenoxy) is 2. The maximum Gasteiger partial charge on any atom is 0.229 e. The van der Waals surface area contributed by atoms with Crippen molar-refractivity contribution in [2.24, 2.45) is 5.92 Å². The molecule has 0 N–H and O–H groups in total. The van der Waals surface area contributed by atoms with Crippen LogP contribution in [0, 0.1) is 11.7 Å². The molecule has 0 aromatic heterocycles. The SMILES string of the molecule is COc1ccc(N(C)C(=O)C(C)Cc2ccc(F)cc2)cc1OC. The smallest absolute Gasteiger partial charge is 0.229 e. The second-order valence-corrected chi connectivity index (χ2v) is 5.67. The van der Waals surface area contributed by atoms with Crippen molar-refractivity contribution in [2.75, 3.05) is 26.2 Å². The van der Waals surface area contributed by atoms with Gasteiger partial charge in [0.2, 0.25) is 5.91 Å². The molecule has 5 heteroatoms. The van der Waals surface area contributed by atoms with E-state index in [1.54, 1.807) is 50.4 Å². The fourth-order valence-corrected chi connectivity index (χ4v) is 2.55. The number of rotatable bonds is 6. The van der Waals surface area contributed by atoms with Gasteiger partial charge in [0.1, 0.15) is 5.82 Å². The van der Waals surface area contributed by atoms with E-state index in [0.29, 0.717) is 17.9 Å². The molecule has 0 aliphatic heterocycles. The molecule has 4 nitrogen and oxygen atoms in total. The molecular formula is C19H22FNO3. The van der Waals surface area contributed by atoms with Crippen LogP contribution in [0.5, 0.6) is 11.5 Å². The van der Waals surface area contributed by atoms with Crippen molar-refractivity contribution in [3.63, 3.8) is 0 Å². The lowest BCUT2D eigenvalue weighted by Crippen LogP contribution is -2.32. The second kappa shape index (κ2) is 7.81. The summed E-state index contributed by atoms with van der Waals surface area (Å²) in [5, 5.41) is 0. The van der Waals surface area contributed by atoms with E-state index < -0.39 is 0 Å². The molecule has 0 aliphatic carbocycles. The average Bonchev–Trinajstić information content (AvgIpc) is 2.61. The average molecular weight is 331 g/mol. The van der Waals surface area contributed by atoms with E-state index in [4.69, 9.17) is 9.47 Å². The number of methoxy groups -OCH3 is 2. The minimum atomic E-state index is -0.278.